The fraction of sp³-hybridized carbons (Fsp3) is 0.438. The Labute approximate surface area is 119 Å². The average Bonchev–Trinajstić information content (AvgIpc) is 2.96. The van der Waals surface area contributed by atoms with Gasteiger partial charge in [0.1, 0.15) is 5.82 Å². The van der Waals surface area contributed by atoms with Crippen LogP contribution in [0.15, 0.2) is 42.7 Å². The summed E-state index contributed by atoms with van der Waals surface area (Å²) in [6, 6.07) is 9.38. The molecule has 0 amide bonds. The van der Waals surface area contributed by atoms with Crippen molar-refractivity contribution in [2.24, 2.45) is 0 Å². The molecular weight excluding hydrogens is 253 g/mol. The van der Waals surface area contributed by atoms with Crippen LogP contribution >= 0.6 is 0 Å². The molecule has 1 N–H and O–H groups in total. The number of aryl methyl sites for hydroxylation is 2. The topological polar surface area (TPSA) is 29.9 Å². The molecule has 0 bridgehead atoms. The van der Waals surface area contributed by atoms with Gasteiger partial charge >= 0.3 is 0 Å². The highest BCUT2D eigenvalue weighted by Crippen LogP contribution is 2.08. The minimum absolute atomic E-state index is 0.0979. The van der Waals surface area contributed by atoms with Gasteiger partial charge in [0, 0.05) is 25.0 Å². The monoisotopic (exact) mass is 275 g/mol. The fourth-order valence-electron chi connectivity index (χ4n) is 2.19. The Hall–Kier alpha value is -1.68. The first-order valence-corrected chi connectivity index (χ1v) is 7.20. The molecule has 0 radical (unpaired) electrons. The van der Waals surface area contributed by atoms with E-state index in [1.54, 1.807) is 12.3 Å². The summed E-state index contributed by atoms with van der Waals surface area (Å²) in [5.74, 6) is -0.0979. The van der Waals surface area contributed by atoms with Crippen molar-refractivity contribution in [3.8, 4) is 0 Å². The molecule has 0 fully saturated rings. The van der Waals surface area contributed by atoms with Crippen LogP contribution < -0.4 is 5.32 Å². The van der Waals surface area contributed by atoms with Crippen LogP contribution in [0.25, 0.3) is 0 Å². The smallest absolute Gasteiger partial charge is 0.126 e. The molecule has 0 saturated heterocycles. The van der Waals surface area contributed by atoms with Crippen LogP contribution in [-0.4, -0.2) is 22.4 Å². The summed E-state index contributed by atoms with van der Waals surface area (Å²) < 4.78 is 15.4. The molecule has 0 saturated carbocycles. The second kappa shape index (κ2) is 7.80. The summed E-state index contributed by atoms with van der Waals surface area (Å²) in [6.07, 6.45) is 6.55. The summed E-state index contributed by atoms with van der Waals surface area (Å²) in [6.45, 7) is 4.01. The number of nitrogens with zero attached hydrogens (tertiary/aromatic N) is 2. The maximum atomic E-state index is 13.4. The van der Waals surface area contributed by atoms with Gasteiger partial charge < -0.3 is 5.32 Å². The van der Waals surface area contributed by atoms with Crippen LogP contribution in [0.3, 0.4) is 0 Å². The van der Waals surface area contributed by atoms with E-state index in [4.69, 9.17) is 0 Å². The first-order valence-electron chi connectivity index (χ1n) is 7.20. The van der Waals surface area contributed by atoms with Gasteiger partial charge in [-0.25, -0.2) is 4.39 Å². The molecule has 1 atom stereocenters. The molecule has 0 aliphatic rings. The molecule has 0 aliphatic heterocycles. The van der Waals surface area contributed by atoms with E-state index in [0.29, 0.717) is 6.04 Å². The van der Waals surface area contributed by atoms with Crippen molar-refractivity contribution in [1.29, 1.82) is 0 Å². The standard InChI is InChI=1S/C16H22FN3/c1-14(9-13-20-12-5-11-19-20)18-10-4-7-15-6-2-3-8-16(15)17/h2-3,5-6,8,11-12,14,18H,4,7,9-10,13H2,1H3. The fourth-order valence-corrected chi connectivity index (χ4v) is 2.19. The minimum Gasteiger partial charge on any atom is -0.314 e. The van der Waals surface area contributed by atoms with Crippen LogP contribution in [0.2, 0.25) is 0 Å². The van der Waals surface area contributed by atoms with Gasteiger partial charge in [-0.3, -0.25) is 4.68 Å². The largest absolute Gasteiger partial charge is 0.314 e. The molecule has 3 nitrogen and oxygen atoms in total. The molecule has 2 rings (SSSR count). The Balaban J connectivity index is 1.60. The molecule has 20 heavy (non-hydrogen) atoms. The highest BCUT2D eigenvalue weighted by Gasteiger charge is 2.03. The van der Waals surface area contributed by atoms with Crippen molar-refractivity contribution in [2.75, 3.05) is 6.54 Å². The molecule has 1 aromatic carbocycles. The Morgan fingerprint density at radius 1 is 1.30 bits per heavy atom. The summed E-state index contributed by atoms with van der Waals surface area (Å²) in [4.78, 5) is 0. The SMILES string of the molecule is CC(CCn1cccn1)NCCCc1ccccc1F. The third-order valence-corrected chi connectivity index (χ3v) is 3.42. The maximum absolute atomic E-state index is 13.4. The van der Waals surface area contributed by atoms with Gasteiger partial charge in [0.25, 0.3) is 0 Å². The molecule has 108 valence electrons. The van der Waals surface area contributed by atoms with Crippen LogP contribution in [0.4, 0.5) is 4.39 Å². The number of halogens is 1. The Kier molecular flexibility index (Phi) is 5.74. The van der Waals surface area contributed by atoms with Crippen molar-refractivity contribution in [3.63, 3.8) is 0 Å². The summed E-state index contributed by atoms with van der Waals surface area (Å²) in [7, 11) is 0. The van der Waals surface area contributed by atoms with Gasteiger partial charge in [-0.05, 0) is 50.4 Å². The van der Waals surface area contributed by atoms with Gasteiger partial charge in [-0.15, -0.1) is 0 Å². The van der Waals surface area contributed by atoms with Crippen LogP contribution in [0.5, 0.6) is 0 Å². The second-order valence-corrected chi connectivity index (χ2v) is 5.11. The first-order chi connectivity index (χ1) is 9.75. The highest BCUT2D eigenvalue weighted by atomic mass is 19.1. The summed E-state index contributed by atoms with van der Waals surface area (Å²) >= 11 is 0. The first kappa shape index (κ1) is 14.7. The summed E-state index contributed by atoms with van der Waals surface area (Å²) in [5.41, 5.74) is 0.804. The van der Waals surface area contributed by atoms with E-state index in [2.05, 4.69) is 17.3 Å². The zero-order chi connectivity index (χ0) is 14.2. The molecule has 0 aliphatic carbocycles. The van der Waals surface area contributed by atoms with Gasteiger partial charge in [0.2, 0.25) is 0 Å². The minimum atomic E-state index is -0.0979. The van der Waals surface area contributed by atoms with Crippen molar-refractivity contribution >= 4 is 0 Å². The van der Waals surface area contributed by atoms with E-state index in [-0.39, 0.29) is 5.82 Å². The third-order valence-electron chi connectivity index (χ3n) is 3.42. The Bertz CT molecular complexity index is 496. The zero-order valence-electron chi connectivity index (χ0n) is 11.9. The van der Waals surface area contributed by atoms with Crippen molar-refractivity contribution in [1.82, 2.24) is 15.1 Å². The molecule has 4 heteroatoms. The lowest BCUT2D eigenvalue weighted by Gasteiger charge is -2.13. The van der Waals surface area contributed by atoms with E-state index in [9.17, 15) is 4.39 Å². The molecule has 1 heterocycles. The third kappa shape index (κ3) is 4.78. The molecule has 1 unspecified atom stereocenters. The predicted octanol–water partition coefficient (Wildman–Crippen LogP) is 3.02. The molecule has 2 aromatic rings. The Morgan fingerprint density at radius 3 is 2.90 bits per heavy atom. The van der Waals surface area contributed by atoms with E-state index in [1.165, 1.54) is 6.07 Å². The number of nitrogens with one attached hydrogen (secondary N) is 1. The summed E-state index contributed by atoms with van der Waals surface area (Å²) in [5, 5.41) is 7.65. The van der Waals surface area contributed by atoms with Crippen LogP contribution in [-0.2, 0) is 13.0 Å². The van der Waals surface area contributed by atoms with Gasteiger partial charge in [0.15, 0.2) is 0 Å². The van der Waals surface area contributed by atoms with Crippen molar-refractivity contribution in [3.05, 3.63) is 54.1 Å². The van der Waals surface area contributed by atoms with Gasteiger partial charge in [-0.2, -0.15) is 5.10 Å². The second-order valence-electron chi connectivity index (χ2n) is 5.11. The van der Waals surface area contributed by atoms with Gasteiger partial charge in [-0.1, -0.05) is 18.2 Å². The molecule has 0 spiro atoms. The maximum Gasteiger partial charge on any atom is 0.126 e. The normalized spacial score (nSPS) is 12.5. The Morgan fingerprint density at radius 2 is 2.15 bits per heavy atom. The van der Waals surface area contributed by atoms with Crippen LogP contribution in [0, 0.1) is 5.82 Å². The molecule has 1 aromatic heterocycles. The average molecular weight is 275 g/mol. The highest BCUT2D eigenvalue weighted by molar-refractivity contribution is 5.17. The lowest BCUT2D eigenvalue weighted by Crippen LogP contribution is -2.28. The number of hydrogen-bond donors (Lipinski definition) is 1. The lowest BCUT2D eigenvalue weighted by molar-refractivity contribution is 0.454. The van der Waals surface area contributed by atoms with Crippen LogP contribution in [0.1, 0.15) is 25.3 Å². The van der Waals surface area contributed by atoms with E-state index >= 15 is 0 Å². The van der Waals surface area contributed by atoms with E-state index in [0.717, 1.165) is 37.9 Å². The van der Waals surface area contributed by atoms with Crippen molar-refractivity contribution < 1.29 is 4.39 Å². The van der Waals surface area contributed by atoms with E-state index < -0.39 is 0 Å². The number of rotatable bonds is 8. The van der Waals surface area contributed by atoms with Crippen molar-refractivity contribution in [2.45, 2.75) is 38.8 Å². The number of hydrogen-bond acceptors (Lipinski definition) is 2. The number of benzene rings is 1. The zero-order valence-corrected chi connectivity index (χ0v) is 11.9. The predicted molar refractivity (Wildman–Crippen MR) is 79.0 cm³/mol. The van der Waals surface area contributed by atoms with E-state index in [1.807, 2.05) is 29.1 Å². The number of aromatic nitrogens is 2. The lowest BCUT2D eigenvalue weighted by atomic mass is 10.1. The van der Waals surface area contributed by atoms with Gasteiger partial charge in [0.05, 0.1) is 0 Å². The quantitative estimate of drug-likeness (QED) is 0.751. The molecular formula is C16H22FN3.